The number of likely N-dealkylation sites (N-methyl/N-ethyl adjacent to an activating group) is 1. The number of nitrogens with zero attached hydrogens (tertiary/aromatic N) is 3. The highest BCUT2D eigenvalue weighted by Gasteiger charge is 2.27. The van der Waals surface area contributed by atoms with E-state index in [1.54, 1.807) is 12.1 Å². The number of amides is 2. The largest absolute Gasteiger partial charge is 0.480 e. The van der Waals surface area contributed by atoms with E-state index in [0.717, 1.165) is 53.8 Å². The number of aryl methyl sites for hydroxylation is 1. The lowest BCUT2D eigenvalue weighted by molar-refractivity contribution is 0.256. The van der Waals surface area contributed by atoms with Crippen molar-refractivity contribution >= 4 is 33.1 Å². The number of urea groups is 1. The number of pyridine rings is 1. The summed E-state index contributed by atoms with van der Waals surface area (Å²) >= 11 is 1.21. The summed E-state index contributed by atoms with van der Waals surface area (Å²) in [4.78, 5) is 20.3. The number of benzene rings is 1. The number of hydrogen-bond acceptors (Lipinski definition) is 8. The van der Waals surface area contributed by atoms with E-state index in [-0.39, 0.29) is 15.7 Å². The van der Waals surface area contributed by atoms with Gasteiger partial charge in [0.05, 0.1) is 12.8 Å². The van der Waals surface area contributed by atoms with Crippen molar-refractivity contribution in [2.75, 3.05) is 26.0 Å². The molecule has 2 amide bonds. The van der Waals surface area contributed by atoms with E-state index in [0.29, 0.717) is 23.4 Å². The molecular formula is C25H25N5O4S2. The zero-order valence-corrected chi connectivity index (χ0v) is 21.6. The molecule has 3 heterocycles. The number of carbonyl (C=O) groups is 1. The Morgan fingerprint density at radius 1 is 1.19 bits per heavy atom. The van der Waals surface area contributed by atoms with Crippen LogP contribution in [-0.2, 0) is 35.8 Å². The number of methoxy groups -OCH3 is 1. The number of hydrogen-bond donors (Lipinski definition) is 2. The number of aromatic nitrogens is 1. The third-order valence-electron chi connectivity index (χ3n) is 6.56. The number of anilines is 1. The lowest BCUT2D eigenvalue weighted by Crippen LogP contribution is -2.34. The van der Waals surface area contributed by atoms with Gasteiger partial charge in [0.25, 0.3) is 10.0 Å². The molecule has 0 atom stereocenters. The minimum atomic E-state index is -4.05. The second kappa shape index (κ2) is 9.54. The van der Waals surface area contributed by atoms with Gasteiger partial charge in [0, 0.05) is 35.3 Å². The summed E-state index contributed by atoms with van der Waals surface area (Å²) in [5.74, 6) is 0.181. The number of thiophene rings is 1. The molecular weight excluding hydrogens is 498 g/mol. The molecule has 11 heteroatoms. The van der Waals surface area contributed by atoms with E-state index in [2.05, 4.69) is 26.0 Å². The van der Waals surface area contributed by atoms with Crippen molar-refractivity contribution in [1.29, 1.82) is 5.26 Å². The normalized spacial score (nSPS) is 15.0. The van der Waals surface area contributed by atoms with Crippen LogP contribution in [-0.4, -0.2) is 45.0 Å². The van der Waals surface area contributed by atoms with Crippen LogP contribution in [0.4, 0.5) is 10.5 Å². The van der Waals surface area contributed by atoms with Gasteiger partial charge in [-0.05, 0) is 61.6 Å². The maximum Gasteiger partial charge on any atom is 0.333 e. The SMILES string of the molecule is COc1nccc(-c2ccc3c(c2NC(=O)NS(=O)(=O)c2cc4c(s2)CCN(C)C4)CCC3)c1C#N. The summed E-state index contributed by atoms with van der Waals surface area (Å²) in [6, 6.07) is 8.45. The third kappa shape index (κ3) is 4.43. The molecule has 1 aromatic carbocycles. The van der Waals surface area contributed by atoms with Gasteiger partial charge in [0.15, 0.2) is 0 Å². The molecule has 0 bridgehead atoms. The van der Waals surface area contributed by atoms with Crippen LogP contribution in [0.5, 0.6) is 5.88 Å². The summed E-state index contributed by atoms with van der Waals surface area (Å²) in [7, 11) is -0.620. The Morgan fingerprint density at radius 2 is 2.03 bits per heavy atom. The Bertz CT molecular complexity index is 1510. The van der Waals surface area contributed by atoms with Crippen LogP contribution in [0.15, 0.2) is 34.7 Å². The summed E-state index contributed by atoms with van der Waals surface area (Å²) in [5, 5.41) is 12.6. The zero-order valence-electron chi connectivity index (χ0n) is 19.9. The van der Waals surface area contributed by atoms with Crippen LogP contribution >= 0.6 is 11.3 Å². The molecule has 2 aliphatic rings. The molecule has 9 nitrogen and oxygen atoms in total. The number of nitrogens with one attached hydrogen (secondary N) is 2. The minimum absolute atomic E-state index is 0.127. The number of sulfonamides is 1. The highest BCUT2D eigenvalue weighted by atomic mass is 32.2. The number of ether oxygens (including phenoxy) is 1. The van der Waals surface area contributed by atoms with E-state index < -0.39 is 16.1 Å². The average Bonchev–Trinajstić information content (AvgIpc) is 3.50. The molecule has 2 N–H and O–H groups in total. The topological polar surface area (TPSA) is 124 Å². The number of carbonyl (C=O) groups excluding carboxylic acids is 1. The number of rotatable bonds is 5. The maximum absolute atomic E-state index is 13.1. The summed E-state index contributed by atoms with van der Waals surface area (Å²) < 4.78 is 33.7. The van der Waals surface area contributed by atoms with Gasteiger partial charge in [0.1, 0.15) is 15.8 Å². The predicted molar refractivity (Wildman–Crippen MR) is 137 cm³/mol. The first-order valence-electron chi connectivity index (χ1n) is 11.5. The van der Waals surface area contributed by atoms with Crippen molar-refractivity contribution < 1.29 is 17.9 Å². The number of fused-ring (bicyclic) bond motifs is 2. The first-order valence-corrected chi connectivity index (χ1v) is 13.8. The Kier molecular flexibility index (Phi) is 6.42. The van der Waals surface area contributed by atoms with Crippen molar-refractivity contribution in [1.82, 2.24) is 14.6 Å². The van der Waals surface area contributed by atoms with Crippen LogP contribution in [0.25, 0.3) is 11.1 Å². The van der Waals surface area contributed by atoms with Crippen LogP contribution in [0.3, 0.4) is 0 Å². The fourth-order valence-corrected chi connectivity index (χ4v) is 7.30. The Morgan fingerprint density at radius 3 is 2.81 bits per heavy atom. The fourth-order valence-electron chi connectivity index (χ4n) is 4.85. The molecule has 0 unspecified atom stereocenters. The van der Waals surface area contributed by atoms with Gasteiger partial charge in [-0.1, -0.05) is 12.1 Å². The maximum atomic E-state index is 13.1. The molecule has 1 aliphatic carbocycles. The van der Waals surface area contributed by atoms with Crippen molar-refractivity contribution in [2.24, 2.45) is 0 Å². The smallest absolute Gasteiger partial charge is 0.333 e. The van der Waals surface area contributed by atoms with E-state index in [4.69, 9.17) is 4.74 Å². The molecule has 36 heavy (non-hydrogen) atoms. The summed E-state index contributed by atoms with van der Waals surface area (Å²) in [5.41, 5.74) is 4.90. The monoisotopic (exact) mass is 523 g/mol. The van der Waals surface area contributed by atoms with Crippen LogP contribution < -0.4 is 14.8 Å². The quantitative estimate of drug-likeness (QED) is 0.523. The molecule has 0 spiro atoms. The van der Waals surface area contributed by atoms with Gasteiger partial charge < -0.3 is 15.0 Å². The van der Waals surface area contributed by atoms with Gasteiger partial charge in [0.2, 0.25) is 5.88 Å². The van der Waals surface area contributed by atoms with Crippen LogP contribution in [0.2, 0.25) is 0 Å². The predicted octanol–water partition coefficient (Wildman–Crippen LogP) is 3.68. The van der Waals surface area contributed by atoms with Crippen molar-refractivity contribution in [3.05, 3.63) is 57.6 Å². The lowest BCUT2D eigenvalue weighted by Gasteiger charge is -2.21. The molecule has 5 rings (SSSR count). The standard InChI is InChI=1S/C25H25N5O4S2/c1-30-11-9-21-16(14-30)12-22(35-21)36(32,33)29-25(31)28-23-17-5-3-4-15(17)6-7-19(23)18-8-10-27-24(34-2)20(18)13-26/h6-8,10,12H,3-5,9,11,14H2,1-2H3,(H2,28,29,31). The van der Waals surface area contributed by atoms with Gasteiger partial charge in [-0.25, -0.2) is 22.9 Å². The molecule has 186 valence electrons. The number of nitriles is 1. The lowest BCUT2D eigenvalue weighted by atomic mass is 9.95. The zero-order chi connectivity index (χ0) is 25.4. The Hall–Kier alpha value is -3.46. The van der Waals surface area contributed by atoms with Crippen LogP contribution in [0, 0.1) is 11.3 Å². The molecule has 0 fully saturated rings. The van der Waals surface area contributed by atoms with E-state index in [1.165, 1.54) is 24.6 Å². The van der Waals surface area contributed by atoms with Gasteiger partial charge >= 0.3 is 6.03 Å². The first kappa shape index (κ1) is 24.2. The Balaban J connectivity index is 1.48. The summed E-state index contributed by atoms with van der Waals surface area (Å²) in [6.45, 7) is 1.55. The van der Waals surface area contributed by atoms with Crippen molar-refractivity contribution in [3.63, 3.8) is 0 Å². The van der Waals surface area contributed by atoms with Crippen molar-refractivity contribution in [3.8, 4) is 23.1 Å². The fraction of sp³-hybridized carbons (Fsp3) is 0.320. The average molecular weight is 524 g/mol. The second-order valence-corrected chi connectivity index (χ2v) is 11.9. The van der Waals surface area contributed by atoms with E-state index in [9.17, 15) is 18.5 Å². The molecule has 0 radical (unpaired) electrons. The second-order valence-electron chi connectivity index (χ2n) is 8.90. The summed E-state index contributed by atoms with van der Waals surface area (Å²) in [6.07, 6.45) is 4.85. The molecule has 3 aromatic rings. The Labute approximate surface area is 213 Å². The third-order valence-corrected chi connectivity index (χ3v) is 9.60. The highest BCUT2D eigenvalue weighted by Crippen LogP contribution is 2.40. The van der Waals surface area contributed by atoms with Gasteiger partial charge in [-0.15, -0.1) is 11.3 Å². The molecule has 2 aromatic heterocycles. The van der Waals surface area contributed by atoms with E-state index >= 15 is 0 Å². The van der Waals surface area contributed by atoms with Crippen molar-refractivity contribution in [2.45, 2.75) is 36.4 Å². The van der Waals surface area contributed by atoms with Gasteiger partial charge in [-0.2, -0.15) is 5.26 Å². The first-order chi connectivity index (χ1) is 17.3. The van der Waals surface area contributed by atoms with Gasteiger partial charge in [-0.3, -0.25) is 0 Å². The molecule has 0 saturated heterocycles. The molecule has 1 aliphatic heterocycles. The van der Waals surface area contributed by atoms with E-state index in [1.807, 2.05) is 19.2 Å². The minimum Gasteiger partial charge on any atom is -0.480 e. The van der Waals surface area contributed by atoms with Crippen LogP contribution in [0.1, 0.15) is 33.6 Å². The molecule has 0 saturated carbocycles. The highest BCUT2D eigenvalue weighted by molar-refractivity contribution is 7.92.